The van der Waals surface area contributed by atoms with Gasteiger partial charge in [-0.2, -0.15) is 0 Å². The molecular weight excluding hydrogens is 488 g/mol. The Bertz CT molecular complexity index is 1060. The first-order chi connectivity index (χ1) is 18.0. The van der Waals surface area contributed by atoms with Crippen LogP contribution in [0.5, 0.6) is 23.0 Å². The lowest BCUT2D eigenvalue weighted by atomic mass is 9.83. The lowest BCUT2D eigenvalue weighted by Crippen LogP contribution is -2.59. The Morgan fingerprint density at radius 2 is 1.30 bits per heavy atom. The average molecular weight is 521 g/mol. The molecule has 2 aromatic carbocycles. The molecule has 0 bridgehead atoms. The van der Waals surface area contributed by atoms with Crippen LogP contribution < -0.4 is 18.9 Å². The fraction of sp³-hybridized carbons (Fsp3) is 0.538. The van der Waals surface area contributed by atoms with Crippen LogP contribution in [-0.4, -0.2) is 89.6 Å². The highest BCUT2D eigenvalue weighted by atomic mass is 16.7. The molecule has 3 aliphatic heterocycles. The van der Waals surface area contributed by atoms with Gasteiger partial charge in [0.25, 0.3) is 0 Å². The van der Waals surface area contributed by atoms with E-state index in [9.17, 15) is 25.5 Å². The monoisotopic (exact) mass is 520 g/mol. The molecule has 37 heavy (non-hydrogen) atoms. The van der Waals surface area contributed by atoms with Gasteiger partial charge in [-0.25, -0.2) is 0 Å². The second-order valence-electron chi connectivity index (χ2n) is 9.52. The number of aliphatic hydroxyl groups excluding tert-OH is 5. The predicted molar refractivity (Wildman–Crippen MR) is 126 cm³/mol. The van der Waals surface area contributed by atoms with E-state index in [2.05, 4.69) is 0 Å². The summed E-state index contributed by atoms with van der Waals surface area (Å²) in [6.07, 6.45) is -5.83. The molecular formula is C26H32O11. The standard InChI is InChI=1S/C26H32O11/c27-9-16(5-14-1-3-18-20(7-14)35-12-33-18)17(6-15-2-4-19-21(8-15)36-13-34-19)11-32-26-25(31)24(30)23(29)22(10-28)37-26/h1-4,7-8,16-17,22-31H,5-6,9-13H2/t16-,17?,22+,23+,24+,25+,26+/m0/s1. The van der Waals surface area contributed by atoms with Gasteiger partial charge in [0, 0.05) is 6.61 Å². The van der Waals surface area contributed by atoms with Crippen molar-refractivity contribution in [2.45, 2.75) is 43.5 Å². The third-order valence-corrected chi connectivity index (χ3v) is 7.09. The smallest absolute Gasteiger partial charge is 0.231 e. The Balaban J connectivity index is 1.34. The highest BCUT2D eigenvalue weighted by molar-refractivity contribution is 5.45. The van der Waals surface area contributed by atoms with Gasteiger partial charge in [-0.05, 0) is 60.1 Å². The van der Waals surface area contributed by atoms with Gasteiger partial charge < -0.3 is 54.0 Å². The van der Waals surface area contributed by atoms with E-state index in [1.165, 1.54) is 0 Å². The molecule has 2 aromatic rings. The van der Waals surface area contributed by atoms with Crippen LogP contribution in [-0.2, 0) is 22.3 Å². The average Bonchev–Trinajstić information content (AvgIpc) is 3.58. The van der Waals surface area contributed by atoms with Gasteiger partial charge in [-0.15, -0.1) is 0 Å². The van der Waals surface area contributed by atoms with Crippen molar-refractivity contribution >= 4 is 0 Å². The molecule has 0 radical (unpaired) electrons. The SMILES string of the molecule is OC[C@H](Cc1ccc2c(c1)OCO2)C(CO[C@@H]1O[C@H](CO)[C@@H](O)[C@@H](O)[C@H]1O)Cc1ccc2c(c1)OCO2. The van der Waals surface area contributed by atoms with Crippen LogP contribution in [0.1, 0.15) is 11.1 Å². The molecule has 0 aliphatic carbocycles. The lowest BCUT2D eigenvalue weighted by Gasteiger charge is -2.40. The number of hydrogen-bond acceptors (Lipinski definition) is 11. The number of benzene rings is 2. The quantitative estimate of drug-likeness (QED) is 0.287. The highest BCUT2D eigenvalue weighted by Crippen LogP contribution is 2.36. The molecule has 5 rings (SSSR count). The highest BCUT2D eigenvalue weighted by Gasteiger charge is 2.44. The first-order valence-electron chi connectivity index (χ1n) is 12.3. The minimum absolute atomic E-state index is 0.0624. The van der Waals surface area contributed by atoms with Crippen LogP contribution in [0.15, 0.2) is 36.4 Å². The molecule has 202 valence electrons. The van der Waals surface area contributed by atoms with Crippen molar-refractivity contribution in [2.75, 3.05) is 33.4 Å². The molecule has 1 fully saturated rings. The molecule has 0 spiro atoms. The Labute approximate surface area is 213 Å². The van der Waals surface area contributed by atoms with E-state index in [0.29, 0.717) is 35.8 Å². The van der Waals surface area contributed by atoms with Crippen molar-refractivity contribution in [2.24, 2.45) is 11.8 Å². The number of aliphatic hydroxyl groups is 5. The summed E-state index contributed by atoms with van der Waals surface area (Å²) in [5.41, 5.74) is 1.89. The molecule has 5 N–H and O–H groups in total. The fourth-order valence-corrected chi connectivity index (χ4v) is 4.91. The summed E-state index contributed by atoms with van der Waals surface area (Å²) in [7, 11) is 0. The summed E-state index contributed by atoms with van der Waals surface area (Å²) < 4.78 is 33.2. The topological polar surface area (TPSA) is 157 Å². The summed E-state index contributed by atoms with van der Waals surface area (Å²) in [6, 6.07) is 11.3. The van der Waals surface area contributed by atoms with Gasteiger partial charge in [0.05, 0.1) is 13.2 Å². The van der Waals surface area contributed by atoms with Crippen molar-refractivity contribution in [3.63, 3.8) is 0 Å². The van der Waals surface area contributed by atoms with Gasteiger partial charge in [0.15, 0.2) is 29.3 Å². The second kappa shape index (κ2) is 11.4. The third kappa shape index (κ3) is 5.63. The summed E-state index contributed by atoms with van der Waals surface area (Å²) in [6.45, 7) is -0.295. The van der Waals surface area contributed by atoms with E-state index in [1.807, 2.05) is 36.4 Å². The summed E-state index contributed by atoms with van der Waals surface area (Å²) in [5, 5.41) is 50.5. The molecule has 11 heteroatoms. The number of fused-ring (bicyclic) bond motifs is 2. The second-order valence-corrected chi connectivity index (χ2v) is 9.52. The van der Waals surface area contributed by atoms with E-state index >= 15 is 0 Å². The molecule has 3 heterocycles. The van der Waals surface area contributed by atoms with Gasteiger partial charge in [-0.3, -0.25) is 0 Å². The molecule has 0 amide bonds. The maximum atomic E-state index is 10.4. The van der Waals surface area contributed by atoms with Crippen molar-refractivity contribution in [3.05, 3.63) is 47.5 Å². The number of ether oxygens (including phenoxy) is 6. The van der Waals surface area contributed by atoms with Crippen molar-refractivity contribution in [1.82, 2.24) is 0 Å². The molecule has 1 saturated heterocycles. The molecule has 11 nitrogen and oxygen atoms in total. The zero-order valence-electron chi connectivity index (χ0n) is 20.1. The van der Waals surface area contributed by atoms with E-state index in [1.54, 1.807) is 0 Å². The molecule has 3 aliphatic rings. The summed E-state index contributed by atoms with van der Waals surface area (Å²) in [4.78, 5) is 0. The van der Waals surface area contributed by atoms with Crippen LogP contribution >= 0.6 is 0 Å². The largest absolute Gasteiger partial charge is 0.454 e. The van der Waals surface area contributed by atoms with Gasteiger partial charge in [0.2, 0.25) is 13.6 Å². The van der Waals surface area contributed by atoms with Crippen LogP contribution in [0.3, 0.4) is 0 Å². The first kappa shape index (κ1) is 26.0. The summed E-state index contributed by atoms with van der Waals surface area (Å²) >= 11 is 0. The van der Waals surface area contributed by atoms with E-state index in [-0.39, 0.29) is 38.6 Å². The number of rotatable bonds is 10. The zero-order valence-corrected chi connectivity index (χ0v) is 20.1. The minimum Gasteiger partial charge on any atom is -0.454 e. The maximum absolute atomic E-state index is 10.4. The normalized spacial score (nSPS) is 27.8. The Morgan fingerprint density at radius 1 is 0.730 bits per heavy atom. The Morgan fingerprint density at radius 3 is 1.86 bits per heavy atom. The van der Waals surface area contributed by atoms with Crippen molar-refractivity contribution in [3.8, 4) is 23.0 Å². The van der Waals surface area contributed by atoms with E-state index in [4.69, 9.17) is 28.4 Å². The van der Waals surface area contributed by atoms with Crippen molar-refractivity contribution < 1.29 is 54.0 Å². The van der Waals surface area contributed by atoms with Gasteiger partial charge >= 0.3 is 0 Å². The predicted octanol–water partition coefficient (Wildman–Crippen LogP) is -0.0296. The number of hydrogen-bond donors (Lipinski definition) is 5. The molecule has 1 unspecified atom stereocenters. The van der Waals surface area contributed by atoms with Crippen LogP contribution in [0, 0.1) is 11.8 Å². The van der Waals surface area contributed by atoms with Gasteiger partial charge in [-0.1, -0.05) is 12.1 Å². The third-order valence-electron chi connectivity index (χ3n) is 7.09. The Kier molecular flexibility index (Phi) is 8.01. The molecule has 7 atom stereocenters. The fourth-order valence-electron chi connectivity index (χ4n) is 4.91. The van der Waals surface area contributed by atoms with Crippen LogP contribution in [0.4, 0.5) is 0 Å². The minimum atomic E-state index is -1.54. The van der Waals surface area contributed by atoms with Gasteiger partial charge in [0.1, 0.15) is 24.4 Å². The first-order valence-corrected chi connectivity index (χ1v) is 12.3. The van der Waals surface area contributed by atoms with E-state index in [0.717, 1.165) is 11.1 Å². The van der Waals surface area contributed by atoms with Crippen molar-refractivity contribution in [1.29, 1.82) is 0 Å². The Hall–Kier alpha value is -2.64. The molecule has 0 saturated carbocycles. The van der Waals surface area contributed by atoms with Crippen LogP contribution in [0.2, 0.25) is 0 Å². The van der Waals surface area contributed by atoms with E-state index < -0.39 is 37.3 Å². The lowest BCUT2D eigenvalue weighted by molar-refractivity contribution is -0.304. The zero-order chi connectivity index (χ0) is 25.9. The summed E-state index contributed by atoms with van der Waals surface area (Å²) in [5.74, 6) is 2.13. The van der Waals surface area contributed by atoms with Crippen LogP contribution in [0.25, 0.3) is 0 Å². The maximum Gasteiger partial charge on any atom is 0.231 e. The molecule has 0 aromatic heterocycles.